The lowest BCUT2D eigenvalue weighted by atomic mass is 10.1. The van der Waals surface area contributed by atoms with Crippen LogP contribution in [0.25, 0.3) is 0 Å². The summed E-state index contributed by atoms with van der Waals surface area (Å²) >= 11 is 0. The molecule has 27 heavy (non-hydrogen) atoms. The van der Waals surface area contributed by atoms with Crippen molar-refractivity contribution in [2.75, 3.05) is 33.4 Å². The number of morpholine rings is 1. The topological polar surface area (TPSA) is 83.0 Å². The van der Waals surface area contributed by atoms with Gasteiger partial charge in [-0.25, -0.2) is 8.42 Å². The molecule has 1 aromatic carbocycles. The highest BCUT2D eigenvalue weighted by atomic mass is 127. The van der Waals surface area contributed by atoms with Crippen LogP contribution in [0.3, 0.4) is 0 Å². The lowest BCUT2D eigenvalue weighted by molar-refractivity contribution is 0.0729. The second-order valence-electron chi connectivity index (χ2n) is 6.93. The second kappa shape index (κ2) is 10.0. The molecular formula is C18H29IN4O3S. The summed E-state index contributed by atoms with van der Waals surface area (Å²) in [5, 5.41) is 6.67. The van der Waals surface area contributed by atoms with Crippen LogP contribution >= 0.6 is 24.0 Å². The smallest absolute Gasteiger partial charge is 0.218 e. The van der Waals surface area contributed by atoms with E-state index in [1.54, 1.807) is 7.05 Å². The van der Waals surface area contributed by atoms with Gasteiger partial charge in [0.1, 0.15) is 0 Å². The fourth-order valence-electron chi connectivity index (χ4n) is 3.06. The van der Waals surface area contributed by atoms with Crippen LogP contribution in [0.5, 0.6) is 0 Å². The van der Waals surface area contributed by atoms with Crippen molar-refractivity contribution in [3.63, 3.8) is 0 Å². The van der Waals surface area contributed by atoms with Crippen molar-refractivity contribution in [2.45, 2.75) is 31.7 Å². The highest BCUT2D eigenvalue weighted by Gasteiger charge is 2.33. The summed E-state index contributed by atoms with van der Waals surface area (Å²) < 4.78 is 32.2. The van der Waals surface area contributed by atoms with Gasteiger partial charge in [0.05, 0.1) is 19.0 Å². The average Bonchev–Trinajstić information content (AvgIpc) is 3.35. The number of ether oxygens (including phenoxy) is 1. The van der Waals surface area contributed by atoms with Crippen LogP contribution in [0.2, 0.25) is 0 Å². The summed E-state index contributed by atoms with van der Waals surface area (Å²) in [5.41, 5.74) is 1.79. The van der Waals surface area contributed by atoms with E-state index in [-0.39, 0.29) is 29.7 Å². The van der Waals surface area contributed by atoms with E-state index in [4.69, 9.17) is 4.74 Å². The maximum Gasteiger partial charge on any atom is 0.218 e. The van der Waals surface area contributed by atoms with E-state index >= 15 is 0 Å². The van der Waals surface area contributed by atoms with Crippen molar-refractivity contribution >= 4 is 40.0 Å². The molecule has 9 heteroatoms. The van der Waals surface area contributed by atoms with Gasteiger partial charge in [-0.3, -0.25) is 4.99 Å². The molecule has 1 aliphatic heterocycles. The number of sulfonamides is 1. The van der Waals surface area contributed by atoms with Crippen molar-refractivity contribution in [1.29, 1.82) is 0 Å². The molecule has 1 aromatic rings. The van der Waals surface area contributed by atoms with Crippen molar-refractivity contribution in [2.24, 2.45) is 10.9 Å². The first-order valence-electron chi connectivity index (χ1n) is 9.09. The largest absolute Gasteiger partial charge is 0.379 e. The molecule has 152 valence electrons. The maximum absolute atomic E-state index is 12.7. The van der Waals surface area contributed by atoms with Gasteiger partial charge in [-0.2, -0.15) is 4.31 Å². The first-order valence-corrected chi connectivity index (χ1v) is 10.7. The maximum atomic E-state index is 12.7. The Hall–Kier alpha value is -0.910. The zero-order chi connectivity index (χ0) is 18.6. The number of guanidine groups is 1. The minimum atomic E-state index is -3.34. The van der Waals surface area contributed by atoms with E-state index in [1.807, 2.05) is 24.3 Å². The van der Waals surface area contributed by atoms with Gasteiger partial charge in [0.25, 0.3) is 0 Å². The van der Waals surface area contributed by atoms with Crippen LogP contribution in [-0.4, -0.2) is 58.1 Å². The highest BCUT2D eigenvalue weighted by molar-refractivity contribution is 14.0. The van der Waals surface area contributed by atoms with Crippen molar-refractivity contribution in [3.05, 3.63) is 35.4 Å². The molecule has 2 fully saturated rings. The summed E-state index contributed by atoms with van der Waals surface area (Å²) in [6, 6.07) is 8.14. The number of hydrogen-bond donors (Lipinski definition) is 2. The van der Waals surface area contributed by atoms with E-state index < -0.39 is 10.0 Å². The Kier molecular flexibility index (Phi) is 8.32. The third-order valence-corrected chi connectivity index (χ3v) is 6.75. The fraction of sp³-hybridized carbons (Fsp3) is 0.611. The van der Waals surface area contributed by atoms with Gasteiger partial charge in [-0.1, -0.05) is 31.2 Å². The summed E-state index contributed by atoms with van der Waals surface area (Å²) in [6.07, 6.45) is 1.16. The summed E-state index contributed by atoms with van der Waals surface area (Å²) in [7, 11) is -1.59. The zero-order valence-electron chi connectivity index (χ0n) is 15.8. The molecule has 1 saturated heterocycles. The number of aliphatic imine (C=N–C) groups is 1. The van der Waals surface area contributed by atoms with Crippen LogP contribution in [0.1, 0.15) is 24.5 Å². The molecule has 1 saturated carbocycles. The molecule has 2 atom stereocenters. The SMILES string of the molecule is CN=C(NCc1ccccc1CS(=O)(=O)N1CCOCC1)NC1CC1C.I. The molecule has 1 aliphatic carbocycles. The van der Waals surface area contributed by atoms with Crippen molar-refractivity contribution in [1.82, 2.24) is 14.9 Å². The first kappa shape index (κ1) is 22.4. The number of rotatable bonds is 6. The molecule has 3 rings (SSSR count). The molecule has 7 nitrogen and oxygen atoms in total. The lowest BCUT2D eigenvalue weighted by Gasteiger charge is -2.26. The minimum absolute atomic E-state index is 0. The second-order valence-corrected chi connectivity index (χ2v) is 8.89. The Labute approximate surface area is 179 Å². The summed E-state index contributed by atoms with van der Waals surface area (Å²) in [5.74, 6) is 1.45. The standard InChI is InChI=1S/C18H28N4O3S.HI/c1-14-11-17(14)21-18(19-2)20-12-15-5-3-4-6-16(15)13-26(23,24)22-7-9-25-10-8-22;/h3-6,14,17H,7-13H2,1-2H3,(H2,19,20,21);1H. The molecular weight excluding hydrogens is 479 g/mol. The average molecular weight is 508 g/mol. The third kappa shape index (κ3) is 6.30. The number of halogens is 1. The van der Waals surface area contributed by atoms with Gasteiger partial charge in [0.2, 0.25) is 10.0 Å². The molecule has 0 radical (unpaired) electrons. The molecule has 0 amide bonds. The number of hydrogen-bond acceptors (Lipinski definition) is 4. The molecule has 0 aromatic heterocycles. The highest BCUT2D eigenvalue weighted by Crippen LogP contribution is 2.28. The van der Waals surface area contributed by atoms with Gasteiger partial charge >= 0.3 is 0 Å². The molecule has 0 bridgehead atoms. The fourth-order valence-corrected chi connectivity index (χ4v) is 4.62. The molecule has 2 N–H and O–H groups in total. The Morgan fingerprint density at radius 2 is 1.89 bits per heavy atom. The minimum Gasteiger partial charge on any atom is -0.379 e. The Morgan fingerprint density at radius 3 is 2.48 bits per heavy atom. The number of nitrogens with zero attached hydrogens (tertiary/aromatic N) is 2. The van der Waals surface area contributed by atoms with Gasteiger partial charge in [-0.05, 0) is 23.5 Å². The number of nitrogens with one attached hydrogen (secondary N) is 2. The van der Waals surface area contributed by atoms with Gasteiger partial charge in [0, 0.05) is 32.7 Å². The van der Waals surface area contributed by atoms with E-state index in [9.17, 15) is 8.42 Å². The monoisotopic (exact) mass is 508 g/mol. The van der Waals surface area contributed by atoms with Crippen LogP contribution in [-0.2, 0) is 27.1 Å². The van der Waals surface area contributed by atoms with Crippen LogP contribution in [0, 0.1) is 5.92 Å². The summed E-state index contributed by atoms with van der Waals surface area (Å²) in [6.45, 7) is 4.53. The van der Waals surface area contributed by atoms with Gasteiger partial charge in [-0.15, -0.1) is 24.0 Å². The molecule has 2 aliphatic rings. The molecule has 0 spiro atoms. The van der Waals surface area contributed by atoms with Gasteiger partial charge in [0.15, 0.2) is 5.96 Å². The van der Waals surface area contributed by atoms with Crippen LogP contribution in [0.4, 0.5) is 0 Å². The summed E-state index contributed by atoms with van der Waals surface area (Å²) in [4.78, 5) is 4.25. The quantitative estimate of drug-likeness (QED) is 0.346. The Morgan fingerprint density at radius 1 is 1.26 bits per heavy atom. The zero-order valence-corrected chi connectivity index (χ0v) is 19.0. The predicted molar refractivity (Wildman–Crippen MR) is 118 cm³/mol. The first-order chi connectivity index (χ1) is 12.5. The van der Waals surface area contributed by atoms with Crippen LogP contribution in [0.15, 0.2) is 29.3 Å². The molecule has 2 unspecified atom stereocenters. The van der Waals surface area contributed by atoms with E-state index in [0.29, 0.717) is 44.8 Å². The van der Waals surface area contributed by atoms with E-state index in [0.717, 1.165) is 23.5 Å². The van der Waals surface area contributed by atoms with Crippen molar-refractivity contribution in [3.8, 4) is 0 Å². The van der Waals surface area contributed by atoms with E-state index in [1.165, 1.54) is 4.31 Å². The lowest BCUT2D eigenvalue weighted by Crippen LogP contribution is -2.41. The third-order valence-electron chi connectivity index (χ3n) is 4.92. The van der Waals surface area contributed by atoms with Crippen LogP contribution < -0.4 is 10.6 Å². The Balaban J connectivity index is 0.00000261. The van der Waals surface area contributed by atoms with E-state index in [2.05, 4.69) is 22.5 Å². The number of benzene rings is 1. The van der Waals surface area contributed by atoms with Gasteiger partial charge < -0.3 is 15.4 Å². The van der Waals surface area contributed by atoms with Crippen molar-refractivity contribution < 1.29 is 13.2 Å². The normalized spacial score (nSPS) is 23.4. The molecule has 1 heterocycles. The predicted octanol–water partition coefficient (Wildman–Crippen LogP) is 1.54. The Bertz CT molecular complexity index is 751.